The van der Waals surface area contributed by atoms with Gasteiger partial charge in [0.05, 0.1) is 6.54 Å². The van der Waals surface area contributed by atoms with Gasteiger partial charge in [0.1, 0.15) is 11.7 Å². The van der Waals surface area contributed by atoms with Crippen LogP contribution >= 0.6 is 0 Å². The summed E-state index contributed by atoms with van der Waals surface area (Å²) in [6.07, 6.45) is 14.5. The lowest BCUT2D eigenvalue weighted by molar-refractivity contribution is -0.116. The first kappa shape index (κ1) is 24.6. The van der Waals surface area contributed by atoms with Crippen molar-refractivity contribution in [3.05, 3.63) is 66.1 Å². The molecule has 7 heteroatoms. The SMILES string of the molecule is CCCCCCCCCCCCn1nnc([C@@H](C(=O)Nc2ccccn2)c2ccccc2)n1. The zero-order valence-electron chi connectivity index (χ0n) is 19.7. The largest absolute Gasteiger partial charge is 0.310 e. The van der Waals surface area contributed by atoms with Crippen LogP contribution in [0.5, 0.6) is 0 Å². The van der Waals surface area contributed by atoms with Gasteiger partial charge >= 0.3 is 0 Å². The fourth-order valence-corrected chi connectivity index (χ4v) is 3.90. The minimum Gasteiger partial charge on any atom is -0.310 e. The Kier molecular flexibility index (Phi) is 10.5. The van der Waals surface area contributed by atoms with Gasteiger partial charge in [0.2, 0.25) is 5.91 Å². The van der Waals surface area contributed by atoms with Crippen LogP contribution in [0.3, 0.4) is 0 Å². The molecule has 1 N–H and O–H groups in total. The zero-order chi connectivity index (χ0) is 23.1. The molecule has 2 aromatic heterocycles. The number of anilines is 1. The Bertz CT molecular complexity index is 928. The number of pyridine rings is 1. The van der Waals surface area contributed by atoms with Crippen molar-refractivity contribution in [2.45, 2.75) is 83.6 Å². The molecule has 3 rings (SSSR count). The molecular formula is C26H36N6O. The van der Waals surface area contributed by atoms with E-state index in [1.807, 2.05) is 42.5 Å². The van der Waals surface area contributed by atoms with E-state index in [1.54, 1.807) is 17.1 Å². The molecule has 3 aromatic rings. The van der Waals surface area contributed by atoms with Crippen LogP contribution in [0, 0.1) is 0 Å². The number of tetrazole rings is 1. The number of aromatic nitrogens is 5. The van der Waals surface area contributed by atoms with Gasteiger partial charge in [-0.1, -0.05) is 101 Å². The monoisotopic (exact) mass is 448 g/mol. The van der Waals surface area contributed by atoms with Gasteiger partial charge in [0.15, 0.2) is 5.82 Å². The van der Waals surface area contributed by atoms with Crippen molar-refractivity contribution >= 4 is 11.7 Å². The highest BCUT2D eigenvalue weighted by molar-refractivity contribution is 5.96. The first-order valence-electron chi connectivity index (χ1n) is 12.3. The number of hydrogen-bond donors (Lipinski definition) is 1. The molecule has 176 valence electrons. The lowest BCUT2D eigenvalue weighted by Gasteiger charge is -2.13. The highest BCUT2D eigenvalue weighted by Gasteiger charge is 2.27. The average Bonchev–Trinajstić information content (AvgIpc) is 3.30. The third-order valence-corrected chi connectivity index (χ3v) is 5.75. The molecule has 33 heavy (non-hydrogen) atoms. The van der Waals surface area contributed by atoms with E-state index < -0.39 is 5.92 Å². The second kappa shape index (κ2) is 14.1. The molecule has 0 aliphatic carbocycles. The number of aryl methyl sites for hydroxylation is 1. The summed E-state index contributed by atoms with van der Waals surface area (Å²) < 4.78 is 0. The molecule has 7 nitrogen and oxygen atoms in total. The Labute approximate surface area is 197 Å². The standard InChI is InChI=1S/C26H36N6O/c1-2-3-4-5-6-7-8-9-10-16-21-32-30-25(29-31-32)24(22-17-12-11-13-18-22)26(33)28-23-19-14-15-20-27-23/h11-15,17-20,24H,2-10,16,21H2,1H3,(H,27,28,33)/t24-/m0/s1. The fourth-order valence-electron chi connectivity index (χ4n) is 3.90. The first-order chi connectivity index (χ1) is 16.3. The van der Waals surface area contributed by atoms with Crippen LogP contribution in [0.1, 0.15) is 88.4 Å². The second-order valence-corrected chi connectivity index (χ2v) is 8.47. The molecule has 0 radical (unpaired) electrons. The van der Waals surface area contributed by atoms with Crippen LogP contribution in [-0.4, -0.2) is 31.1 Å². The highest BCUT2D eigenvalue weighted by Crippen LogP contribution is 2.23. The van der Waals surface area contributed by atoms with Gasteiger partial charge in [-0.3, -0.25) is 4.79 Å². The van der Waals surface area contributed by atoms with Crippen molar-refractivity contribution in [3.63, 3.8) is 0 Å². The maximum atomic E-state index is 13.1. The zero-order valence-corrected chi connectivity index (χ0v) is 19.7. The molecule has 1 amide bonds. The molecule has 0 bridgehead atoms. The van der Waals surface area contributed by atoms with Gasteiger partial charge in [-0.15, -0.1) is 10.2 Å². The summed E-state index contributed by atoms with van der Waals surface area (Å²) in [5.74, 6) is 0.0379. The van der Waals surface area contributed by atoms with Gasteiger partial charge in [-0.2, -0.15) is 4.80 Å². The Balaban J connectivity index is 1.50. The molecule has 0 aliphatic rings. The predicted molar refractivity (Wildman–Crippen MR) is 131 cm³/mol. The Morgan fingerprint density at radius 1 is 0.879 bits per heavy atom. The van der Waals surface area contributed by atoms with Crippen LogP contribution in [0.2, 0.25) is 0 Å². The topological polar surface area (TPSA) is 85.6 Å². The molecule has 2 heterocycles. The average molecular weight is 449 g/mol. The number of benzene rings is 1. The van der Waals surface area contributed by atoms with Gasteiger partial charge in [-0.05, 0) is 29.3 Å². The molecule has 0 fully saturated rings. The number of nitrogens with one attached hydrogen (secondary N) is 1. The second-order valence-electron chi connectivity index (χ2n) is 8.47. The maximum absolute atomic E-state index is 13.1. The summed E-state index contributed by atoms with van der Waals surface area (Å²) in [7, 11) is 0. The summed E-state index contributed by atoms with van der Waals surface area (Å²) in [4.78, 5) is 18.9. The Morgan fingerprint density at radius 2 is 1.55 bits per heavy atom. The van der Waals surface area contributed by atoms with E-state index in [1.165, 1.54) is 51.4 Å². The van der Waals surface area contributed by atoms with E-state index >= 15 is 0 Å². The maximum Gasteiger partial charge on any atom is 0.240 e. The van der Waals surface area contributed by atoms with E-state index in [0.29, 0.717) is 18.2 Å². The summed E-state index contributed by atoms with van der Waals surface area (Å²) >= 11 is 0. The third kappa shape index (κ3) is 8.40. The quantitative estimate of drug-likeness (QED) is 0.299. The Morgan fingerprint density at radius 3 is 2.21 bits per heavy atom. The first-order valence-corrected chi connectivity index (χ1v) is 12.3. The van der Waals surface area contributed by atoms with Crippen molar-refractivity contribution in [1.29, 1.82) is 0 Å². The molecule has 0 aliphatic heterocycles. The van der Waals surface area contributed by atoms with Crippen molar-refractivity contribution < 1.29 is 4.79 Å². The van der Waals surface area contributed by atoms with Crippen molar-refractivity contribution in [2.75, 3.05) is 5.32 Å². The molecular weight excluding hydrogens is 412 g/mol. The van der Waals surface area contributed by atoms with Crippen molar-refractivity contribution in [3.8, 4) is 0 Å². The summed E-state index contributed by atoms with van der Waals surface area (Å²) in [6, 6.07) is 15.0. The minimum atomic E-state index is -0.644. The van der Waals surface area contributed by atoms with Crippen LogP contribution in [-0.2, 0) is 11.3 Å². The van der Waals surface area contributed by atoms with Crippen molar-refractivity contribution in [1.82, 2.24) is 25.2 Å². The molecule has 1 atom stereocenters. The number of amides is 1. The summed E-state index contributed by atoms with van der Waals surface area (Å²) in [5, 5.41) is 15.8. The molecule has 0 spiro atoms. The molecule has 0 saturated carbocycles. The normalized spacial score (nSPS) is 11.9. The van der Waals surface area contributed by atoms with Gasteiger partial charge < -0.3 is 5.32 Å². The van der Waals surface area contributed by atoms with Gasteiger partial charge in [0.25, 0.3) is 0 Å². The lowest BCUT2D eigenvalue weighted by atomic mass is 9.97. The van der Waals surface area contributed by atoms with E-state index in [9.17, 15) is 4.79 Å². The number of carbonyl (C=O) groups is 1. The number of rotatable bonds is 15. The third-order valence-electron chi connectivity index (χ3n) is 5.75. The van der Waals surface area contributed by atoms with Crippen molar-refractivity contribution in [2.24, 2.45) is 0 Å². The number of hydrogen-bond acceptors (Lipinski definition) is 5. The lowest BCUT2D eigenvalue weighted by Crippen LogP contribution is -2.24. The molecule has 0 saturated heterocycles. The van der Waals surface area contributed by atoms with Crippen LogP contribution in [0.4, 0.5) is 5.82 Å². The summed E-state index contributed by atoms with van der Waals surface area (Å²) in [6.45, 7) is 2.97. The highest BCUT2D eigenvalue weighted by atomic mass is 16.2. The minimum absolute atomic E-state index is 0.224. The van der Waals surface area contributed by atoms with Gasteiger partial charge in [0, 0.05) is 6.20 Å². The smallest absolute Gasteiger partial charge is 0.240 e. The van der Waals surface area contributed by atoms with E-state index in [4.69, 9.17) is 0 Å². The van der Waals surface area contributed by atoms with E-state index in [-0.39, 0.29) is 5.91 Å². The number of nitrogens with zero attached hydrogens (tertiary/aromatic N) is 5. The summed E-state index contributed by atoms with van der Waals surface area (Å²) in [5.41, 5.74) is 0.824. The van der Waals surface area contributed by atoms with Crippen LogP contribution in [0.25, 0.3) is 0 Å². The van der Waals surface area contributed by atoms with Crippen LogP contribution < -0.4 is 5.32 Å². The number of carbonyl (C=O) groups excluding carboxylic acids is 1. The van der Waals surface area contributed by atoms with E-state index in [2.05, 4.69) is 32.6 Å². The van der Waals surface area contributed by atoms with Crippen LogP contribution in [0.15, 0.2) is 54.7 Å². The Hall–Kier alpha value is -3.09. The predicted octanol–water partition coefficient (Wildman–Crippen LogP) is 5.76. The molecule has 1 aromatic carbocycles. The van der Waals surface area contributed by atoms with Gasteiger partial charge in [-0.25, -0.2) is 4.98 Å². The van der Waals surface area contributed by atoms with E-state index in [0.717, 1.165) is 18.4 Å². The fraction of sp³-hybridized carbons (Fsp3) is 0.500. The molecule has 0 unspecified atom stereocenters. The number of unbranched alkanes of at least 4 members (excludes halogenated alkanes) is 9.